The predicted molar refractivity (Wildman–Crippen MR) is 171 cm³/mol. The number of amides is 1. The molecule has 0 unspecified atom stereocenters. The van der Waals surface area contributed by atoms with E-state index in [-0.39, 0.29) is 17.6 Å². The lowest BCUT2D eigenvalue weighted by Gasteiger charge is -2.45. The molecule has 2 aliphatic heterocycles. The van der Waals surface area contributed by atoms with Crippen molar-refractivity contribution in [2.24, 2.45) is 11.7 Å². The number of nitrogens with zero attached hydrogens (tertiary/aromatic N) is 1. The lowest BCUT2D eigenvalue weighted by Crippen LogP contribution is -2.58. The summed E-state index contributed by atoms with van der Waals surface area (Å²) in [6.45, 7) is 3.34. The number of nitrogens with one attached hydrogen (secondary N) is 1. The number of Topliss-reactive ketones (excluding diaryl/α,β-unsaturated/α-hetero) is 2. The fraction of sp³-hybridized carbons (Fsp3) is 0.333. The fourth-order valence-electron chi connectivity index (χ4n) is 6.97. The number of fused-ring (bicyclic) bond motifs is 2. The summed E-state index contributed by atoms with van der Waals surface area (Å²) in [5, 5.41) is 3.90. The molecule has 3 heterocycles. The second-order valence-electron chi connectivity index (χ2n) is 12.2. The van der Waals surface area contributed by atoms with Crippen LogP contribution in [0.4, 0.5) is 0 Å². The number of methoxy groups -OCH3 is 1. The number of ketones is 2. The molecule has 0 radical (unpaired) electrons. The fourth-order valence-corrected chi connectivity index (χ4v) is 6.97. The van der Waals surface area contributed by atoms with Crippen LogP contribution >= 0.6 is 0 Å². The first kappa shape index (κ1) is 29.7. The van der Waals surface area contributed by atoms with Gasteiger partial charge in [0.2, 0.25) is 0 Å². The summed E-state index contributed by atoms with van der Waals surface area (Å²) in [5.74, 6) is -1.99. The molecule has 3 aromatic carbocycles. The Morgan fingerprint density at radius 2 is 1.78 bits per heavy atom. The van der Waals surface area contributed by atoms with E-state index in [1.54, 1.807) is 48.7 Å². The van der Waals surface area contributed by atoms with Crippen molar-refractivity contribution in [3.05, 3.63) is 83.0 Å². The van der Waals surface area contributed by atoms with E-state index in [9.17, 15) is 19.2 Å². The summed E-state index contributed by atoms with van der Waals surface area (Å²) in [6.07, 6.45) is 4.61. The van der Waals surface area contributed by atoms with Gasteiger partial charge in [-0.2, -0.15) is 0 Å². The highest BCUT2D eigenvalue weighted by Gasteiger charge is 2.54. The molecule has 1 aliphatic carbocycles. The van der Waals surface area contributed by atoms with Crippen molar-refractivity contribution in [3.63, 3.8) is 0 Å². The molecule has 10 heteroatoms. The molecule has 1 saturated heterocycles. The number of piperidine rings is 1. The Morgan fingerprint density at radius 3 is 2.48 bits per heavy atom. The van der Waals surface area contributed by atoms with Crippen LogP contribution in [0.25, 0.3) is 22.0 Å². The first-order chi connectivity index (χ1) is 22.2. The van der Waals surface area contributed by atoms with Gasteiger partial charge in [-0.1, -0.05) is 18.2 Å². The maximum atomic E-state index is 14.7. The van der Waals surface area contributed by atoms with Crippen molar-refractivity contribution in [2.45, 2.75) is 44.2 Å². The third-order valence-electron chi connectivity index (χ3n) is 9.36. The number of esters is 1. The number of ether oxygens (including phenoxy) is 3. The number of hydrogen-bond donors (Lipinski definition) is 2. The second kappa shape index (κ2) is 11.4. The van der Waals surface area contributed by atoms with Crippen molar-refractivity contribution in [1.82, 2.24) is 9.88 Å². The van der Waals surface area contributed by atoms with Gasteiger partial charge in [-0.05, 0) is 80.4 Å². The summed E-state index contributed by atoms with van der Waals surface area (Å²) < 4.78 is 19.5. The molecular formula is C36H35N3O7. The minimum atomic E-state index is -1.11. The van der Waals surface area contributed by atoms with Crippen molar-refractivity contribution >= 4 is 34.3 Å². The predicted octanol–water partition coefficient (Wildman–Crippen LogP) is 5.12. The zero-order valence-electron chi connectivity index (χ0n) is 25.8. The number of rotatable bonds is 8. The Labute approximate surface area is 265 Å². The molecular weight excluding hydrogens is 586 g/mol. The molecule has 2 fully saturated rings. The molecule has 236 valence electrons. The van der Waals surface area contributed by atoms with Crippen LogP contribution in [-0.2, 0) is 4.74 Å². The van der Waals surface area contributed by atoms with Gasteiger partial charge in [0.25, 0.3) is 5.91 Å². The highest BCUT2D eigenvalue weighted by atomic mass is 16.5. The highest BCUT2D eigenvalue weighted by molar-refractivity contribution is 6.20. The zero-order chi connectivity index (χ0) is 32.2. The number of hydrogen-bond acceptors (Lipinski definition) is 8. The van der Waals surface area contributed by atoms with Crippen LogP contribution in [0.3, 0.4) is 0 Å². The highest BCUT2D eigenvalue weighted by Crippen LogP contribution is 2.46. The molecule has 1 atom stereocenters. The number of carbonyl (C=O) groups is 4. The van der Waals surface area contributed by atoms with Crippen LogP contribution in [0.1, 0.15) is 80.1 Å². The number of aromatic nitrogens is 1. The topological polar surface area (TPSA) is 139 Å². The van der Waals surface area contributed by atoms with Crippen molar-refractivity contribution in [3.8, 4) is 22.6 Å². The van der Waals surface area contributed by atoms with Gasteiger partial charge >= 0.3 is 5.97 Å². The monoisotopic (exact) mass is 621 g/mol. The smallest absolute Gasteiger partial charge is 0.337 e. The molecule has 3 aliphatic rings. The Balaban J connectivity index is 1.34. The molecule has 1 amide bonds. The molecule has 1 aromatic heterocycles. The molecule has 4 aromatic rings. The van der Waals surface area contributed by atoms with Gasteiger partial charge in [0, 0.05) is 30.6 Å². The lowest BCUT2D eigenvalue weighted by atomic mass is 9.70. The third kappa shape index (κ3) is 4.93. The van der Waals surface area contributed by atoms with Crippen molar-refractivity contribution < 1.29 is 33.4 Å². The van der Waals surface area contributed by atoms with Gasteiger partial charge in [0.05, 0.1) is 41.3 Å². The van der Waals surface area contributed by atoms with E-state index in [4.69, 9.17) is 19.9 Å². The number of nitrogens with two attached hydrogens (primary N) is 1. The molecule has 1 saturated carbocycles. The van der Waals surface area contributed by atoms with Gasteiger partial charge in [-0.25, -0.2) is 4.79 Å². The summed E-state index contributed by atoms with van der Waals surface area (Å²) in [5.41, 5.74) is 8.21. The number of primary amides is 1. The first-order valence-electron chi connectivity index (χ1n) is 15.7. The van der Waals surface area contributed by atoms with Crippen LogP contribution in [0.2, 0.25) is 0 Å². The van der Waals surface area contributed by atoms with E-state index in [1.165, 1.54) is 7.11 Å². The minimum Gasteiger partial charge on any atom is -0.493 e. The third-order valence-corrected chi connectivity index (χ3v) is 9.36. The van der Waals surface area contributed by atoms with Crippen molar-refractivity contribution in [2.75, 3.05) is 26.8 Å². The minimum absolute atomic E-state index is 0.203. The van der Waals surface area contributed by atoms with Crippen LogP contribution in [0.15, 0.2) is 60.8 Å². The Bertz CT molecular complexity index is 1920. The van der Waals surface area contributed by atoms with Gasteiger partial charge < -0.3 is 29.8 Å². The standard InChI is InChI=1S/C36H35N3O7/c1-3-45-29-18-23(17-27-30(29)26(34(37)42)19-39(27)24-8-9-24)32(40)31-33(41)25-16-21(20-5-4-6-22(15-20)35(43)44-2)7-10-28(25)46-36(31)11-13-38-14-12-36/h4-7,10,15-19,24,31,38H,3,8-9,11-14H2,1-2H3,(H2,37,42)/t31-/m1/s1. The first-order valence-corrected chi connectivity index (χ1v) is 15.7. The zero-order valence-corrected chi connectivity index (χ0v) is 25.8. The van der Waals surface area contributed by atoms with Gasteiger partial charge in [-0.3, -0.25) is 14.4 Å². The summed E-state index contributed by atoms with van der Waals surface area (Å²) >= 11 is 0. The van der Waals surface area contributed by atoms with Gasteiger partial charge in [0.1, 0.15) is 23.0 Å². The van der Waals surface area contributed by atoms with E-state index < -0.39 is 23.4 Å². The van der Waals surface area contributed by atoms with Gasteiger partial charge in [0.15, 0.2) is 11.6 Å². The van der Waals surface area contributed by atoms with Crippen molar-refractivity contribution in [1.29, 1.82) is 0 Å². The maximum absolute atomic E-state index is 14.7. The number of benzene rings is 3. The van der Waals surface area contributed by atoms with Crippen LogP contribution in [-0.4, -0.2) is 60.4 Å². The Morgan fingerprint density at radius 1 is 1.02 bits per heavy atom. The van der Waals surface area contributed by atoms with E-state index >= 15 is 0 Å². The van der Waals surface area contributed by atoms with E-state index in [1.807, 2.05) is 23.6 Å². The van der Waals surface area contributed by atoms with Crippen LogP contribution in [0.5, 0.6) is 11.5 Å². The molecule has 10 nitrogen and oxygen atoms in total. The average molecular weight is 622 g/mol. The molecule has 1 spiro atoms. The summed E-state index contributed by atoms with van der Waals surface area (Å²) in [4.78, 5) is 53.9. The number of carbonyl (C=O) groups excluding carboxylic acids is 4. The Kier molecular flexibility index (Phi) is 7.39. The normalized spacial score (nSPS) is 18.6. The quantitative estimate of drug-likeness (QED) is 0.157. The summed E-state index contributed by atoms with van der Waals surface area (Å²) in [6, 6.07) is 15.9. The SMILES string of the molecule is CCOc1cc(C(=O)[C@@H]2C(=O)c3cc(-c4cccc(C(=O)OC)c4)ccc3OC23CCNCC3)cc2c1c(C(N)=O)cn2C1CC1. The lowest BCUT2D eigenvalue weighted by molar-refractivity contribution is -0.0138. The van der Waals surface area contributed by atoms with E-state index in [2.05, 4.69) is 5.32 Å². The molecule has 7 rings (SSSR count). The van der Waals surface area contributed by atoms with E-state index in [0.29, 0.717) is 82.8 Å². The maximum Gasteiger partial charge on any atom is 0.337 e. The average Bonchev–Trinajstić information content (AvgIpc) is 3.84. The summed E-state index contributed by atoms with van der Waals surface area (Å²) in [7, 11) is 1.33. The molecule has 46 heavy (non-hydrogen) atoms. The molecule has 0 bridgehead atoms. The Hall–Kier alpha value is -4.96. The second-order valence-corrected chi connectivity index (χ2v) is 12.2. The van der Waals surface area contributed by atoms with Gasteiger partial charge in [-0.15, -0.1) is 0 Å². The van der Waals surface area contributed by atoms with Crippen LogP contribution in [0, 0.1) is 5.92 Å². The van der Waals surface area contributed by atoms with E-state index in [0.717, 1.165) is 18.4 Å². The molecule has 3 N–H and O–H groups in total. The largest absolute Gasteiger partial charge is 0.493 e. The van der Waals surface area contributed by atoms with Crippen LogP contribution < -0.4 is 20.5 Å².